The van der Waals surface area contributed by atoms with Gasteiger partial charge in [0.2, 0.25) is 0 Å². The minimum absolute atomic E-state index is 0.0985. The number of hydrogen-bond acceptors (Lipinski definition) is 5. The predicted molar refractivity (Wildman–Crippen MR) is 82.2 cm³/mol. The van der Waals surface area contributed by atoms with Gasteiger partial charge in [-0.05, 0) is 43.3 Å². The van der Waals surface area contributed by atoms with Gasteiger partial charge in [0, 0.05) is 18.9 Å². The van der Waals surface area contributed by atoms with Gasteiger partial charge in [0.1, 0.15) is 16.5 Å². The number of pyridine rings is 1. The van der Waals surface area contributed by atoms with Gasteiger partial charge >= 0.3 is 0 Å². The van der Waals surface area contributed by atoms with Crippen LogP contribution >= 0.6 is 0 Å². The molecule has 112 valence electrons. The molecule has 2 N–H and O–H groups in total. The molecule has 0 saturated carbocycles. The third-order valence-corrected chi connectivity index (χ3v) is 4.13. The maximum atomic E-state index is 12.4. The van der Waals surface area contributed by atoms with Gasteiger partial charge in [-0.15, -0.1) is 0 Å². The summed E-state index contributed by atoms with van der Waals surface area (Å²) in [6.07, 6.45) is 1.53. The number of benzene rings is 1. The van der Waals surface area contributed by atoms with Crippen LogP contribution in [0.4, 0.5) is 11.5 Å². The van der Waals surface area contributed by atoms with Crippen LogP contribution in [0.15, 0.2) is 47.5 Å². The topological polar surface area (TPSA) is 80.3 Å². The molecule has 0 amide bonds. The standard InChI is InChI=1S/C14H17N3O3S/c1-3-20-12-8-6-11(7-9-12)17-21(18,19)13-5-4-10-16-14(13)15-2/h4-10,17H,3H2,1-2H3,(H,15,16). The Kier molecular flexibility index (Phi) is 4.64. The Morgan fingerprint density at radius 2 is 1.90 bits per heavy atom. The quantitative estimate of drug-likeness (QED) is 0.856. The van der Waals surface area contributed by atoms with E-state index in [1.54, 1.807) is 37.4 Å². The second-order valence-corrected chi connectivity index (χ2v) is 5.81. The summed E-state index contributed by atoms with van der Waals surface area (Å²) in [5.41, 5.74) is 0.462. The number of sulfonamides is 1. The second kappa shape index (κ2) is 6.45. The number of hydrogen-bond donors (Lipinski definition) is 2. The maximum Gasteiger partial charge on any atom is 0.265 e. The first-order chi connectivity index (χ1) is 10.1. The molecule has 6 nitrogen and oxygen atoms in total. The van der Waals surface area contributed by atoms with E-state index >= 15 is 0 Å². The minimum Gasteiger partial charge on any atom is -0.494 e. The van der Waals surface area contributed by atoms with Gasteiger partial charge in [-0.25, -0.2) is 13.4 Å². The smallest absolute Gasteiger partial charge is 0.265 e. The zero-order valence-corrected chi connectivity index (χ0v) is 12.6. The number of ether oxygens (including phenoxy) is 1. The molecule has 1 heterocycles. The summed E-state index contributed by atoms with van der Waals surface area (Å²) in [4.78, 5) is 4.09. The van der Waals surface area contributed by atoms with E-state index in [9.17, 15) is 8.42 Å². The van der Waals surface area contributed by atoms with Crippen LogP contribution in [-0.2, 0) is 10.0 Å². The molecule has 7 heteroatoms. The summed E-state index contributed by atoms with van der Waals surface area (Å²) in [6, 6.07) is 9.80. The van der Waals surface area contributed by atoms with Gasteiger partial charge in [-0.1, -0.05) is 0 Å². The molecule has 0 atom stereocenters. The first-order valence-electron chi connectivity index (χ1n) is 6.45. The van der Waals surface area contributed by atoms with E-state index < -0.39 is 10.0 Å². The van der Waals surface area contributed by atoms with Crippen molar-refractivity contribution in [1.82, 2.24) is 4.98 Å². The van der Waals surface area contributed by atoms with E-state index in [0.29, 0.717) is 23.9 Å². The molecule has 0 spiro atoms. The van der Waals surface area contributed by atoms with Crippen molar-refractivity contribution in [2.45, 2.75) is 11.8 Å². The molecule has 2 aromatic rings. The molecule has 0 saturated heterocycles. The Morgan fingerprint density at radius 3 is 2.52 bits per heavy atom. The molecule has 0 aliphatic rings. The maximum absolute atomic E-state index is 12.4. The van der Waals surface area contributed by atoms with Gasteiger partial charge in [0.15, 0.2) is 0 Å². The van der Waals surface area contributed by atoms with Crippen molar-refractivity contribution in [1.29, 1.82) is 0 Å². The molecule has 0 aliphatic carbocycles. The van der Waals surface area contributed by atoms with E-state index in [1.165, 1.54) is 12.3 Å². The van der Waals surface area contributed by atoms with Gasteiger partial charge in [-0.2, -0.15) is 0 Å². The van der Waals surface area contributed by atoms with E-state index in [0.717, 1.165) is 0 Å². The largest absolute Gasteiger partial charge is 0.494 e. The Hall–Kier alpha value is -2.28. The molecule has 2 rings (SSSR count). The van der Waals surface area contributed by atoms with E-state index in [-0.39, 0.29) is 4.90 Å². The summed E-state index contributed by atoms with van der Waals surface area (Å²) in [5.74, 6) is 0.994. The van der Waals surface area contributed by atoms with Crippen molar-refractivity contribution in [3.8, 4) is 5.75 Å². The summed E-state index contributed by atoms with van der Waals surface area (Å²) < 4.78 is 32.6. The highest BCUT2D eigenvalue weighted by Crippen LogP contribution is 2.22. The number of nitrogens with zero attached hydrogens (tertiary/aromatic N) is 1. The van der Waals surface area contributed by atoms with Crippen molar-refractivity contribution < 1.29 is 13.2 Å². The van der Waals surface area contributed by atoms with Crippen molar-refractivity contribution >= 4 is 21.5 Å². The molecule has 0 radical (unpaired) electrons. The summed E-state index contributed by atoms with van der Waals surface area (Å²) in [6.45, 7) is 2.45. The van der Waals surface area contributed by atoms with Gasteiger partial charge in [0.05, 0.1) is 6.61 Å². The van der Waals surface area contributed by atoms with Crippen LogP contribution < -0.4 is 14.8 Å². The SMILES string of the molecule is CCOc1ccc(NS(=O)(=O)c2cccnc2NC)cc1. The average Bonchev–Trinajstić information content (AvgIpc) is 2.49. The summed E-state index contributed by atoms with van der Waals surface area (Å²) >= 11 is 0. The number of aromatic nitrogens is 1. The molecule has 0 bridgehead atoms. The normalized spacial score (nSPS) is 11.0. The van der Waals surface area contributed by atoms with Crippen LogP contribution in [0.25, 0.3) is 0 Å². The van der Waals surface area contributed by atoms with Gasteiger partial charge in [-0.3, -0.25) is 4.72 Å². The van der Waals surface area contributed by atoms with Crippen molar-refractivity contribution in [3.05, 3.63) is 42.6 Å². The van der Waals surface area contributed by atoms with Crippen molar-refractivity contribution in [2.24, 2.45) is 0 Å². The van der Waals surface area contributed by atoms with Crippen LogP contribution in [0, 0.1) is 0 Å². The number of rotatable bonds is 6. The molecule has 1 aromatic heterocycles. The molecular weight excluding hydrogens is 290 g/mol. The molecular formula is C14H17N3O3S. The summed E-state index contributed by atoms with van der Waals surface area (Å²) in [7, 11) is -2.07. The first kappa shape index (κ1) is 15.1. The minimum atomic E-state index is -3.70. The van der Waals surface area contributed by atoms with Crippen LogP contribution in [0.3, 0.4) is 0 Å². The van der Waals surface area contributed by atoms with Gasteiger partial charge in [0.25, 0.3) is 10.0 Å². The molecule has 1 aromatic carbocycles. The lowest BCUT2D eigenvalue weighted by Crippen LogP contribution is -2.15. The average molecular weight is 307 g/mol. The lowest BCUT2D eigenvalue weighted by Gasteiger charge is -2.11. The third-order valence-electron chi connectivity index (χ3n) is 2.71. The highest BCUT2D eigenvalue weighted by atomic mass is 32.2. The monoisotopic (exact) mass is 307 g/mol. The predicted octanol–water partition coefficient (Wildman–Crippen LogP) is 2.32. The van der Waals surface area contributed by atoms with E-state index in [4.69, 9.17) is 4.74 Å². The Labute approximate surface area is 124 Å². The van der Waals surface area contributed by atoms with Crippen LogP contribution in [-0.4, -0.2) is 27.1 Å². The van der Waals surface area contributed by atoms with E-state index in [1.807, 2.05) is 6.92 Å². The molecule has 0 aliphatic heterocycles. The zero-order chi connectivity index (χ0) is 15.3. The number of anilines is 2. The molecule has 0 unspecified atom stereocenters. The fourth-order valence-electron chi connectivity index (χ4n) is 1.79. The zero-order valence-electron chi connectivity index (χ0n) is 11.8. The highest BCUT2D eigenvalue weighted by Gasteiger charge is 2.18. The van der Waals surface area contributed by atoms with Crippen LogP contribution in [0.5, 0.6) is 5.75 Å². The molecule has 21 heavy (non-hydrogen) atoms. The second-order valence-electron chi connectivity index (χ2n) is 4.16. The fourth-order valence-corrected chi connectivity index (χ4v) is 3.01. The van der Waals surface area contributed by atoms with Crippen LogP contribution in [0.2, 0.25) is 0 Å². The number of nitrogens with one attached hydrogen (secondary N) is 2. The fraction of sp³-hybridized carbons (Fsp3) is 0.214. The van der Waals surface area contributed by atoms with Crippen LogP contribution in [0.1, 0.15) is 6.92 Å². The third kappa shape index (κ3) is 3.63. The lowest BCUT2D eigenvalue weighted by atomic mass is 10.3. The first-order valence-corrected chi connectivity index (χ1v) is 7.93. The van der Waals surface area contributed by atoms with Crippen molar-refractivity contribution in [2.75, 3.05) is 23.7 Å². The highest BCUT2D eigenvalue weighted by molar-refractivity contribution is 7.92. The lowest BCUT2D eigenvalue weighted by molar-refractivity contribution is 0.340. The molecule has 0 fully saturated rings. The Morgan fingerprint density at radius 1 is 1.19 bits per heavy atom. The Balaban J connectivity index is 2.24. The summed E-state index contributed by atoms with van der Waals surface area (Å²) in [5, 5.41) is 2.76. The van der Waals surface area contributed by atoms with Gasteiger partial charge < -0.3 is 10.1 Å². The van der Waals surface area contributed by atoms with Crippen molar-refractivity contribution in [3.63, 3.8) is 0 Å². The van der Waals surface area contributed by atoms with E-state index in [2.05, 4.69) is 15.0 Å². The Bertz CT molecular complexity index is 700.